The zero-order chi connectivity index (χ0) is 11.6. The summed E-state index contributed by atoms with van der Waals surface area (Å²) in [4.78, 5) is 0. The van der Waals surface area contributed by atoms with Gasteiger partial charge < -0.3 is 4.65 Å². The van der Waals surface area contributed by atoms with Crippen molar-refractivity contribution in [2.24, 2.45) is 5.41 Å². The molecule has 2 heteroatoms. The van der Waals surface area contributed by atoms with Crippen molar-refractivity contribution in [3.63, 3.8) is 0 Å². The Hall–Kier alpha value is -0.235. The van der Waals surface area contributed by atoms with E-state index in [2.05, 4.69) is 32.8 Å². The second-order valence-electron chi connectivity index (χ2n) is 6.57. The van der Waals surface area contributed by atoms with Crippen molar-refractivity contribution >= 4 is 6.92 Å². The topological polar surface area (TPSA) is 9.23 Å². The van der Waals surface area contributed by atoms with Crippen LogP contribution in [0.4, 0.5) is 0 Å². The van der Waals surface area contributed by atoms with Crippen LogP contribution in [0.25, 0.3) is 0 Å². The zero-order valence-corrected chi connectivity index (χ0v) is 11.0. The third-order valence-corrected chi connectivity index (χ3v) is 3.80. The van der Waals surface area contributed by atoms with Crippen molar-refractivity contribution < 1.29 is 4.65 Å². The van der Waals surface area contributed by atoms with Crippen molar-refractivity contribution in [2.75, 3.05) is 0 Å². The van der Waals surface area contributed by atoms with Gasteiger partial charge in [0.05, 0.1) is 0 Å². The van der Waals surface area contributed by atoms with E-state index in [4.69, 9.17) is 4.65 Å². The lowest BCUT2D eigenvalue weighted by Crippen LogP contribution is -2.24. The van der Waals surface area contributed by atoms with Crippen LogP contribution in [0.1, 0.15) is 59.3 Å². The molecule has 0 atom stereocenters. The first-order chi connectivity index (χ1) is 7.54. The fraction of sp³-hybridized carbons (Fsp3) is 0.857. The molecule has 2 aliphatic rings. The Morgan fingerprint density at radius 1 is 1.06 bits per heavy atom. The maximum absolute atomic E-state index is 6.24. The molecule has 0 radical (unpaired) electrons. The molecule has 0 saturated carbocycles. The standard InChI is InChI=1S/C14H25BO/c1-14(2,3)10-11-15-12-6-4-8-13(16-15)9-5-7-12/h10-13H,4-9H2,1-3H3/b11-10-. The average Bonchev–Trinajstić information content (AvgIpc) is 2.43. The molecule has 0 amide bonds. The number of fused-ring (bicyclic) bond motifs is 3. The first-order valence-corrected chi connectivity index (χ1v) is 6.89. The summed E-state index contributed by atoms with van der Waals surface area (Å²) in [6.45, 7) is 7.17. The van der Waals surface area contributed by atoms with Crippen LogP contribution in [0, 0.1) is 5.41 Å². The summed E-state index contributed by atoms with van der Waals surface area (Å²) in [5, 5.41) is 0. The minimum Gasteiger partial charge on any atom is -0.428 e. The Morgan fingerprint density at radius 3 is 2.25 bits per heavy atom. The highest BCUT2D eigenvalue weighted by Gasteiger charge is 2.33. The fourth-order valence-corrected chi connectivity index (χ4v) is 2.89. The van der Waals surface area contributed by atoms with Gasteiger partial charge in [-0.1, -0.05) is 58.5 Å². The fourth-order valence-electron chi connectivity index (χ4n) is 2.89. The van der Waals surface area contributed by atoms with Gasteiger partial charge in [0.2, 0.25) is 0 Å². The van der Waals surface area contributed by atoms with Crippen molar-refractivity contribution in [1.82, 2.24) is 0 Å². The van der Waals surface area contributed by atoms with Crippen LogP contribution in [0.3, 0.4) is 0 Å². The van der Waals surface area contributed by atoms with Crippen molar-refractivity contribution in [1.29, 1.82) is 0 Å². The molecule has 0 aromatic carbocycles. The second-order valence-corrected chi connectivity index (χ2v) is 6.57. The predicted molar refractivity (Wildman–Crippen MR) is 70.7 cm³/mol. The molecule has 2 bridgehead atoms. The Labute approximate surface area is 101 Å². The van der Waals surface area contributed by atoms with E-state index in [0.29, 0.717) is 13.0 Å². The quantitative estimate of drug-likeness (QED) is 0.600. The number of hydrogen-bond acceptors (Lipinski definition) is 1. The summed E-state index contributed by atoms with van der Waals surface area (Å²) >= 11 is 0. The van der Waals surface area contributed by atoms with Crippen LogP contribution >= 0.6 is 0 Å². The van der Waals surface area contributed by atoms with E-state index in [9.17, 15) is 0 Å². The molecule has 0 spiro atoms. The lowest BCUT2D eigenvalue weighted by Gasteiger charge is -2.19. The molecule has 2 heterocycles. The molecule has 2 saturated heterocycles. The molecule has 90 valence electrons. The van der Waals surface area contributed by atoms with Gasteiger partial charge in [0.25, 0.3) is 0 Å². The lowest BCUT2D eigenvalue weighted by atomic mass is 9.53. The molecule has 16 heavy (non-hydrogen) atoms. The Balaban J connectivity index is 2.05. The smallest absolute Gasteiger partial charge is 0.322 e. The molecule has 2 rings (SSSR count). The second kappa shape index (κ2) is 4.95. The van der Waals surface area contributed by atoms with E-state index in [-0.39, 0.29) is 5.41 Å². The molecular formula is C14H25BO. The molecule has 0 N–H and O–H groups in total. The Bertz CT molecular complexity index is 244. The molecule has 0 aliphatic carbocycles. The van der Waals surface area contributed by atoms with Gasteiger partial charge in [-0.2, -0.15) is 0 Å². The minimum atomic E-state index is 0.282. The summed E-state index contributed by atoms with van der Waals surface area (Å²) in [5.74, 6) is 3.12. The normalized spacial score (nSPS) is 31.8. The number of hydrogen-bond donors (Lipinski definition) is 0. The molecule has 0 aromatic heterocycles. The number of rotatable bonds is 1. The Kier molecular flexibility index (Phi) is 3.79. The van der Waals surface area contributed by atoms with Crippen LogP contribution in [0.2, 0.25) is 5.82 Å². The van der Waals surface area contributed by atoms with E-state index in [1.807, 2.05) is 0 Å². The van der Waals surface area contributed by atoms with Crippen molar-refractivity contribution in [2.45, 2.75) is 71.2 Å². The molecular weight excluding hydrogens is 195 g/mol. The minimum absolute atomic E-state index is 0.282. The van der Waals surface area contributed by atoms with Crippen LogP contribution in [0.5, 0.6) is 0 Å². The summed E-state index contributed by atoms with van der Waals surface area (Å²) in [5.41, 5.74) is 0.282. The maximum Gasteiger partial charge on any atom is 0.322 e. The highest BCUT2D eigenvalue weighted by molar-refractivity contribution is 6.59. The van der Waals surface area contributed by atoms with Crippen LogP contribution in [-0.4, -0.2) is 13.0 Å². The van der Waals surface area contributed by atoms with Crippen LogP contribution < -0.4 is 0 Å². The van der Waals surface area contributed by atoms with E-state index in [1.165, 1.54) is 38.5 Å². The van der Waals surface area contributed by atoms with E-state index < -0.39 is 0 Å². The van der Waals surface area contributed by atoms with Crippen LogP contribution in [0.15, 0.2) is 12.1 Å². The van der Waals surface area contributed by atoms with Crippen molar-refractivity contribution in [3.05, 3.63) is 12.1 Å². The summed E-state index contributed by atoms with van der Waals surface area (Å²) in [6, 6.07) is 0. The molecule has 0 aromatic rings. The monoisotopic (exact) mass is 220 g/mol. The molecule has 1 nitrogen and oxygen atoms in total. The molecule has 2 fully saturated rings. The first-order valence-electron chi connectivity index (χ1n) is 6.89. The summed E-state index contributed by atoms with van der Waals surface area (Å²) in [7, 11) is 0. The largest absolute Gasteiger partial charge is 0.428 e. The van der Waals surface area contributed by atoms with E-state index in [0.717, 1.165) is 5.82 Å². The van der Waals surface area contributed by atoms with Crippen molar-refractivity contribution in [3.8, 4) is 0 Å². The van der Waals surface area contributed by atoms with Crippen LogP contribution in [-0.2, 0) is 4.65 Å². The highest BCUT2D eigenvalue weighted by atomic mass is 16.4. The summed E-state index contributed by atoms with van der Waals surface area (Å²) in [6.07, 6.45) is 10.9. The molecule has 2 aliphatic heterocycles. The molecule has 0 unspecified atom stereocenters. The predicted octanol–water partition coefficient (Wildman–Crippen LogP) is 4.24. The van der Waals surface area contributed by atoms with Gasteiger partial charge in [-0.3, -0.25) is 0 Å². The SMILES string of the molecule is CC(C)(C)/C=C\B1OC2CCCC1CCC2. The van der Waals surface area contributed by atoms with Gasteiger partial charge in [-0.05, 0) is 24.1 Å². The average molecular weight is 220 g/mol. The lowest BCUT2D eigenvalue weighted by molar-refractivity contribution is 0.190. The summed E-state index contributed by atoms with van der Waals surface area (Å²) < 4.78 is 6.24. The van der Waals surface area contributed by atoms with Gasteiger partial charge in [-0.15, -0.1) is 0 Å². The Morgan fingerprint density at radius 2 is 1.69 bits per heavy atom. The third-order valence-electron chi connectivity index (χ3n) is 3.80. The van der Waals surface area contributed by atoms with Gasteiger partial charge in [0.15, 0.2) is 0 Å². The first kappa shape index (κ1) is 12.2. The number of allylic oxidation sites excluding steroid dienone is 1. The van der Waals surface area contributed by atoms with Gasteiger partial charge in [-0.25, -0.2) is 0 Å². The van der Waals surface area contributed by atoms with Gasteiger partial charge >= 0.3 is 6.92 Å². The maximum atomic E-state index is 6.24. The van der Waals surface area contributed by atoms with Gasteiger partial charge in [0.1, 0.15) is 0 Å². The highest BCUT2D eigenvalue weighted by Crippen LogP contribution is 2.37. The zero-order valence-electron chi connectivity index (χ0n) is 11.0. The third kappa shape index (κ3) is 3.38. The van der Waals surface area contributed by atoms with Gasteiger partial charge in [0, 0.05) is 6.10 Å². The van der Waals surface area contributed by atoms with E-state index in [1.54, 1.807) is 0 Å². The van der Waals surface area contributed by atoms with E-state index >= 15 is 0 Å².